The van der Waals surface area contributed by atoms with Crippen LogP contribution in [0.3, 0.4) is 0 Å². The minimum absolute atomic E-state index is 0.0211. The van der Waals surface area contributed by atoms with Crippen LogP contribution in [0.2, 0.25) is 0 Å². The molecule has 1 amide bonds. The van der Waals surface area contributed by atoms with Crippen LogP contribution < -0.4 is 10.5 Å². The van der Waals surface area contributed by atoms with Gasteiger partial charge in [-0.1, -0.05) is 30.3 Å². The fraction of sp³-hybridized carbons (Fsp3) is 0.261. The summed E-state index contributed by atoms with van der Waals surface area (Å²) in [5.74, 6) is 0.585. The zero-order valence-electron chi connectivity index (χ0n) is 17.6. The molecule has 0 unspecified atom stereocenters. The molecule has 0 saturated carbocycles. The number of fused-ring (bicyclic) bond motifs is 1. The predicted octanol–water partition coefficient (Wildman–Crippen LogP) is 2.57. The van der Waals surface area contributed by atoms with E-state index in [4.69, 9.17) is 0 Å². The molecular formula is C23H22N6O2S. The van der Waals surface area contributed by atoms with Crippen molar-refractivity contribution in [3.63, 3.8) is 0 Å². The first-order valence-corrected chi connectivity index (χ1v) is 11.3. The molecule has 1 aliphatic rings. The number of aromatic nitrogens is 4. The number of hydrogen-bond donors (Lipinski definition) is 0. The van der Waals surface area contributed by atoms with Gasteiger partial charge in [-0.15, -0.1) is 11.3 Å². The van der Waals surface area contributed by atoms with Gasteiger partial charge in [0.1, 0.15) is 11.4 Å². The second-order valence-corrected chi connectivity index (χ2v) is 8.88. The fourth-order valence-corrected chi connectivity index (χ4v) is 5.06. The average Bonchev–Trinajstić information content (AvgIpc) is 3.18. The summed E-state index contributed by atoms with van der Waals surface area (Å²) in [5.41, 5.74) is 1.71. The lowest BCUT2D eigenvalue weighted by molar-refractivity contribution is -0.132. The molecular weight excluding hydrogens is 424 g/mol. The van der Waals surface area contributed by atoms with Crippen LogP contribution in [-0.4, -0.2) is 56.5 Å². The van der Waals surface area contributed by atoms with Crippen LogP contribution >= 0.6 is 11.3 Å². The van der Waals surface area contributed by atoms with Crippen LogP contribution in [-0.2, 0) is 11.3 Å². The summed E-state index contributed by atoms with van der Waals surface area (Å²) < 4.78 is 1.43. The summed E-state index contributed by atoms with van der Waals surface area (Å²) in [4.78, 5) is 44.9. The van der Waals surface area contributed by atoms with Crippen LogP contribution in [0, 0.1) is 6.92 Å². The molecule has 5 rings (SSSR count). The second kappa shape index (κ2) is 8.51. The van der Waals surface area contributed by atoms with E-state index in [1.807, 2.05) is 37.3 Å². The maximum absolute atomic E-state index is 13.3. The van der Waals surface area contributed by atoms with E-state index in [0.29, 0.717) is 42.3 Å². The molecule has 162 valence electrons. The summed E-state index contributed by atoms with van der Waals surface area (Å²) in [5, 5.41) is 0.583. The van der Waals surface area contributed by atoms with E-state index in [1.165, 1.54) is 22.2 Å². The Morgan fingerprint density at radius 1 is 1.00 bits per heavy atom. The van der Waals surface area contributed by atoms with Crippen LogP contribution in [0.15, 0.2) is 59.9 Å². The number of rotatable bonds is 4. The van der Waals surface area contributed by atoms with E-state index in [-0.39, 0.29) is 18.0 Å². The quantitative estimate of drug-likeness (QED) is 0.479. The normalized spacial score (nSPS) is 14.2. The Hall–Kier alpha value is -3.59. The first-order valence-electron chi connectivity index (χ1n) is 10.5. The molecule has 0 spiro atoms. The monoisotopic (exact) mass is 446 g/mol. The molecule has 8 nitrogen and oxygen atoms in total. The van der Waals surface area contributed by atoms with Gasteiger partial charge in [0.05, 0.1) is 11.7 Å². The van der Waals surface area contributed by atoms with Gasteiger partial charge >= 0.3 is 0 Å². The minimum atomic E-state index is -0.178. The van der Waals surface area contributed by atoms with Gasteiger partial charge in [-0.3, -0.25) is 14.2 Å². The van der Waals surface area contributed by atoms with Crippen LogP contribution in [0.5, 0.6) is 0 Å². The van der Waals surface area contributed by atoms with E-state index in [9.17, 15) is 9.59 Å². The number of piperazine rings is 1. The third kappa shape index (κ3) is 3.75. The van der Waals surface area contributed by atoms with Crippen molar-refractivity contribution < 1.29 is 4.79 Å². The largest absolute Gasteiger partial charge is 0.338 e. The lowest BCUT2D eigenvalue weighted by atomic mass is 10.0. The first kappa shape index (κ1) is 20.3. The van der Waals surface area contributed by atoms with Crippen molar-refractivity contribution in [3.05, 3.63) is 70.4 Å². The minimum Gasteiger partial charge on any atom is -0.338 e. The van der Waals surface area contributed by atoms with E-state index in [0.717, 1.165) is 16.0 Å². The Balaban J connectivity index is 1.36. The first-order chi connectivity index (χ1) is 15.6. The molecule has 3 aromatic heterocycles. The summed E-state index contributed by atoms with van der Waals surface area (Å²) in [6.45, 7) is 4.42. The summed E-state index contributed by atoms with van der Waals surface area (Å²) in [6.07, 6.45) is 4.91. The number of thiophene rings is 1. The van der Waals surface area contributed by atoms with Gasteiger partial charge < -0.3 is 9.80 Å². The smallest absolute Gasteiger partial charge is 0.263 e. The number of anilines is 1. The van der Waals surface area contributed by atoms with Crippen LogP contribution in [0.4, 0.5) is 5.95 Å². The van der Waals surface area contributed by atoms with Crippen molar-refractivity contribution in [2.75, 3.05) is 31.1 Å². The maximum Gasteiger partial charge on any atom is 0.263 e. The Kier molecular flexibility index (Phi) is 5.40. The van der Waals surface area contributed by atoms with Gasteiger partial charge in [-0.2, -0.15) is 0 Å². The van der Waals surface area contributed by atoms with Crippen molar-refractivity contribution in [2.45, 2.75) is 13.5 Å². The van der Waals surface area contributed by atoms with E-state index in [2.05, 4.69) is 19.9 Å². The van der Waals surface area contributed by atoms with Gasteiger partial charge in [0, 0.05) is 49.0 Å². The Labute approximate surface area is 188 Å². The number of carbonyl (C=O) groups excluding carboxylic acids is 1. The highest BCUT2D eigenvalue weighted by Gasteiger charge is 2.24. The van der Waals surface area contributed by atoms with Gasteiger partial charge in [0.2, 0.25) is 11.9 Å². The molecule has 1 aromatic carbocycles. The van der Waals surface area contributed by atoms with Crippen LogP contribution in [0.1, 0.15) is 4.88 Å². The third-order valence-corrected chi connectivity index (χ3v) is 6.70. The number of nitrogens with zero attached hydrogens (tertiary/aromatic N) is 6. The standard InChI is InChI=1S/C23H22N6O2S/c1-16-19(17-6-3-2-4-7-17)20-21(32-16)26-15-29(22(20)31)14-18(30)27-10-12-28(13-11-27)23-24-8-5-9-25-23/h2-9,15H,10-14H2,1H3. The van der Waals surface area contributed by atoms with Crippen molar-refractivity contribution in [1.29, 1.82) is 0 Å². The number of hydrogen-bond acceptors (Lipinski definition) is 7. The third-order valence-electron chi connectivity index (χ3n) is 5.69. The Bertz CT molecular complexity index is 1310. The molecule has 0 bridgehead atoms. The topological polar surface area (TPSA) is 84.2 Å². The predicted molar refractivity (Wildman–Crippen MR) is 125 cm³/mol. The number of carbonyl (C=O) groups is 1. The highest BCUT2D eigenvalue weighted by Crippen LogP contribution is 2.35. The molecule has 32 heavy (non-hydrogen) atoms. The molecule has 1 aliphatic heterocycles. The molecule has 0 radical (unpaired) electrons. The molecule has 0 N–H and O–H groups in total. The van der Waals surface area contributed by atoms with Crippen molar-refractivity contribution in [2.24, 2.45) is 0 Å². The highest BCUT2D eigenvalue weighted by molar-refractivity contribution is 7.19. The molecule has 9 heteroatoms. The van der Waals surface area contributed by atoms with Crippen LogP contribution in [0.25, 0.3) is 21.3 Å². The number of aryl methyl sites for hydroxylation is 1. The zero-order chi connectivity index (χ0) is 22.1. The fourth-order valence-electron chi connectivity index (χ4n) is 4.06. The van der Waals surface area contributed by atoms with Gasteiger partial charge in [0.25, 0.3) is 5.56 Å². The highest BCUT2D eigenvalue weighted by atomic mass is 32.1. The maximum atomic E-state index is 13.3. The molecule has 0 aliphatic carbocycles. The lowest BCUT2D eigenvalue weighted by Crippen LogP contribution is -2.50. The Morgan fingerprint density at radius 3 is 2.44 bits per heavy atom. The molecule has 4 heterocycles. The Morgan fingerprint density at radius 2 is 1.72 bits per heavy atom. The van der Waals surface area contributed by atoms with Crippen molar-refractivity contribution in [3.8, 4) is 11.1 Å². The summed E-state index contributed by atoms with van der Waals surface area (Å²) in [6, 6.07) is 11.6. The SMILES string of the molecule is Cc1sc2ncn(CC(=O)N3CCN(c4ncccn4)CC3)c(=O)c2c1-c1ccccc1. The molecule has 1 saturated heterocycles. The summed E-state index contributed by atoms with van der Waals surface area (Å²) >= 11 is 1.50. The molecule has 0 atom stereocenters. The number of amides is 1. The van der Waals surface area contributed by atoms with Gasteiger partial charge in [-0.25, -0.2) is 15.0 Å². The van der Waals surface area contributed by atoms with Gasteiger partial charge in [0.15, 0.2) is 0 Å². The second-order valence-electron chi connectivity index (χ2n) is 7.67. The van der Waals surface area contributed by atoms with Crippen molar-refractivity contribution in [1.82, 2.24) is 24.4 Å². The van der Waals surface area contributed by atoms with E-state index < -0.39 is 0 Å². The lowest BCUT2D eigenvalue weighted by Gasteiger charge is -2.34. The summed E-state index contributed by atoms with van der Waals surface area (Å²) in [7, 11) is 0. The average molecular weight is 447 g/mol. The molecule has 4 aromatic rings. The zero-order valence-corrected chi connectivity index (χ0v) is 18.5. The van der Waals surface area contributed by atoms with E-state index >= 15 is 0 Å². The van der Waals surface area contributed by atoms with E-state index in [1.54, 1.807) is 23.4 Å². The molecule has 1 fully saturated rings. The van der Waals surface area contributed by atoms with Gasteiger partial charge in [-0.05, 0) is 18.6 Å². The number of benzene rings is 1. The van der Waals surface area contributed by atoms with Crippen molar-refractivity contribution >= 4 is 33.4 Å².